The van der Waals surface area contributed by atoms with Crippen LogP contribution in [0.5, 0.6) is 11.5 Å². The molecule has 0 spiro atoms. The zero-order chi connectivity index (χ0) is 29.9. The summed E-state index contributed by atoms with van der Waals surface area (Å²) in [7, 11) is 0. The second-order valence-electron chi connectivity index (χ2n) is 9.78. The predicted octanol–water partition coefficient (Wildman–Crippen LogP) is 3.11. The third kappa shape index (κ3) is 5.91. The van der Waals surface area contributed by atoms with Crippen LogP contribution in [0.3, 0.4) is 0 Å². The van der Waals surface area contributed by atoms with E-state index < -0.39 is 41.7 Å². The molecule has 0 bridgehead atoms. The third-order valence-corrected chi connectivity index (χ3v) is 6.86. The molecular weight excluding hydrogens is 547 g/mol. The van der Waals surface area contributed by atoms with Crippen LogP contribution in [-0.4, -0.2) is 52.2 Å². The van der Waals surface area contributed by atoms with Gasteiger partial charge < -0.3 is 20.7 Å². The Morgan fingerprint density at radius 2 is 1.69 bits per heavy atom. The minimum Gasteiger partial charge on any atom is -0.457 e. The highest BCUT2D eigenvalue weighted by Crippen LogP contribution is 2.49. The van der Waals surface area contributed by atoms with Gasteiger partial charge in [0.25, 0.3) is 5.91 Å². The van der Waals surface area contributed by atoms with E-state index in [0.717, 1.165) is 0 Å². The first-order valence-corrected chi connectivity index (χ1v) is 13.0. The zero-order valence-corrected chi connectivity index (χ0v) is 22.2. The van der Waals surface area contributed by atoms with Crippen molar-refractivity contribution in [2.45, 2.75) is 18.9 Å². The second-order valence-corrected chi connectivity index (χ2v) is 9.78. The number of carbonyl (C=O) groups is 3. The molecule has 1 aliphatic carbocycles. The Kier molecular flexibility index (Phi) is 8.11. The number of benzene rings is 3. The van der Waals surface area contributed by atoms with Crippen molar-refractivity contribution in [1.29, 1.82) is 0 Å². The van der Waals surface area contributed by atoms with Gasteiger partial charge in [0.15, 0.2) is 0 Å². The minimum atomic E-state index is -1.29. The van der Waals surface area contributed by atoms with Gasteiger partial charge in [0, 0.05) is 28.5 Å². The Bertz CT molecular complexity index is 1630. The van der Waals surface area contributed by atoms with Gasteiger partial charge in [-0.3, -0.25) is 29.1 Å². The molecule has 1 atom stereocenters. The van der Waals surface area contributed by atoms with Gasteiger partial charge in [0.2, 0.25) is 11.8 Å². The van der Waals surface area contributed by atoms with Gasteiger partial charge in [-0.25, -0.2) is 9.87 Å². The van der Waals surface area contributed by atoms with Gasteiger partial charge in [-0.15, -0.1) is 0 Å². The normalized spacial score (nSPS) is 14.2. The van der Waals surface area contributed by atoms with Crippen LogP contribution in [0, 0.1) is 11.2 Å². The predicted molar refractivity (Wildman–Crippen MR) is 149 cm³/mol. The number of nitrogens with zero attached hydrogens (tertiary/aromatic N) is 2. The summed E-state index contributed by atoms with van der Waals surface area (Å²) in [5, 5.41) is 18.8. The monoisotopic (exact) mass is 574 g/mol. The number of hydrogen-bond donors (Lipinski definition) is 4. The number of nitrogens with two attached hydrogens (primary N) is 1. The first-order valence-electron chi connectivity index (χ1n) is 13.0. The van der Waals surface area contributed by atoms with Crippen LogP contribution in [0.25, 0.3) is 10.9 Å². The lowest BCUT2D eigenvalue weighted by Crippen LogP contribution is -2.41. The zero-order valence-electron chi connectivity index (χ0n) is 22.2. The first-order chi connectivity index (χ1) is 20.2. The minimum absolute atomic E-state index is 0.255. The molecule has 0 radical (unpaired) electrons. The van der Waals surface area contributed by atoms with E-state index in [-0.39, 0.29) is 12.2 Å². The fourth-order valence-electron chi connectivity index (χ4n) is 4.34. The average molecular weight is 575 g/mol. The summed E-state index contributed by atoms with van der Waals surface area (Å²) >= 11 is 0. The molecule has 1 saturated carbocycles. The molecule has 216 valence electrons. The number of hydroxylamine groups is 1. The highest BCUT2D eigenvalue weighted by molar-refractivity contribution is 6.16. The number of aliphatic hydroxyl groups is 2. The van der Waals surface area contributed by atoms with Crippen molar-refractivity contribution in [3.8, 4) is 11.5 Å². The van der Waals surface area contributed by atoms with Crippen molar-refractivity contribution < 1.29 is 38.6 Å². The summed E-state index contributed by atoms with van der Waals surface area (Å²) in [6, 6.07) is 18.4. The SMILES string of the molecule is NC(=O)C1(C(=O)N(c2ccc(F)cc2)c2ccc(Oc3ccnc4cc(C(=O)NOC[C@H](O)CO)ccc34)cc2)CC1. The molecule has 12 heteroatoms. The van der Waals surface area contributed by atoms with Crippen molar-refractivity contribution in [2.24, 2.45) is 11.1 Å². The lowest BCUT2D eigenvalue weighted by Gasteiger charge is -2.26. The van der Waals surface area contributed by atoms with E-state index in [1.54, 1.807) is 48.5 Å². The summed E-state index contributed by atoms with van der Waals surface area (Å²) in [4.78, 5) is 48.5. The molecule has 5 rings (SSSR count). The molecule has 1 aromatic heterocycles. The van der Waals surface area contributed by atoms with Crippen LogP contribution in [0.15, 0.2) is 79.0 Å². The van der Waals surface area contributed by atoms with Crippen LogP contribution in [0.4, 0.5) is 15.8 Å². The van der Waals surface area contributed by atoms with Gasteiger partial charge in [-0.2, -0.15) is 0 Å². The summed E-state index contributed by atoms with van der Waals surface area (Å²) < 4.78 is 19.7. The number of fused-ring (bicyclic) bond motifs is 1. The third-order valence-electron chi connectivity index (χ3n) is 6.86. The Morgan fingerprint density at radius 1 is 1.02 bits per heavy atom. The molecular formula is C30H27FN4O7. The van der Waals surface area contributed by atoms with E-state index in [1.165, 1.54) is 35.4 Å². The molecule has 3 amide bonds. The number of halogens is 1. The number of rotatable bonds is 11. The van der Waals surface area contributed by atoms with Gasteiger partial charge in [0.1, 0.15) is 35.4 Å². The largest absolute Gasteiger partial charge is 0.457 e. The fraction of sp³-hybridized carbons (Fsp3) is 0.200. The summed E-state index contributed by atoms with van der Waals surface area (Å²) in [6.07, 6.45) is 1.10. The van der Waals surface area contributed by atoms with Gasteiger partial charge in [0.05, 0.1) is 12.1 Å². The summed E-state index contributed by atoms with van der Waals surface area (Å²) in [5.41, 5.74) is 8.02. The van der Waals surface area contributed by atoms with Crippen molar-refractivity contribution in [1.82, 2.24) is 10.5 Å². The van der Waals surface area contributed by atoms with E-state index in [1.807, 2.05) is 0 Å². The molecule has 0 unspecified atom stereocenters. The van der Waals surface area contributed by atoms with Crippen LogP contribution in [-0.2, 0) is 14.4 Å². The number of nitrogens with one attached hydrogen (secondary N) is 1. The van der Waals surface area contributed by atoms with Crippen LogP contribution >= 0.6 is 0 Å². The number of ether oxygens (including phenoxy) is 1. The number of pyridine rings is 1. The topological polar surface area (TPSA) is 164 Å². The van der Waals surface area contributed by atoms with E-state index >= 15 is 0 Å². The number of amides is 3. The standard InChI is InChI=1S/C30H27FN4O7/c31-19-2-4-20(5-3-19)35(29(40)30(12-13-30)28(32)39)21-6-8-23(9-7-21)42-26-11-14-33-25-15-18(1-10-24(25)26)27(38)34-41-17-22(37)16-36/h1-11,14-15,22,36-37H,12-13,16-17H2,(H2,32,39)(H,34,38)/t22-/m1/s1. The Morgan fingerprint density at radius 3 is 2.31 bits per heavy atom. The van der Waals surface area contributed by atoms with Gasteiger partial charge in [-0.1, -0.05) is 0 Å². The van der Waals surface area contributed by atoms with Crippen molar-refractivity contribution in [3.63, 3.8) is 0 Å². The second kappa shape index (κ2) is 11.9. The fourth-order valence-corrected chi connectivity index (χ4v) is 4.34. The van der Waals surface area contributed by atoms with Gasteiger partial charge >= 0.3 is 0 Å². The lowest BCUT2D eigenvalue weighted by molar-refractivity contribution is -0.133. The quantitative estimate of drug-likeness (QED) is 0.157. The molecule has 11 nitrogen and oxygen atoms in total. The van der Waals surface area contributed by atoms with Crippen molar-refractivity contribution in [3.05, 3.63) is 90.4 Å². The number of anilines is 2. The molecule has 1 aliphatic rings. The van der Waals surface area contributed by atoms with Gasteiger partial charge in [-0.05, 0) is 85.6 Å². The molecule has 42 heavy (non-hydrogen) atoms. The van der Waals surface area contributed by atoms with Crippen molar-refractivity contribution >= 4 is 40.0 Å². The maximum absolute atomic E-state index is 13.6. The Hall–Kier alpha value is -4.91. The highest BCUT2D eigenvalue weighted by atomic mass is 19.1. The van der Waals surface area contributed by atoms with E-state index in [2.05, 4.69) is 10.5 Å². The maximum Gasteiger partial charge on any atom is 0.274 e. The molecule has 0 saturated heterocycles. The molecule has 1 fully saturated rings. The molecule has 4 aromatic rings. The number of aromatic nitrogens is 1. The van der Waals surface area contributed by atoms with E-state index in [0.29, 0.717) is 46.6 Å². The highest BCUT2D eigenvalue weighted by Gasteiger charge is 2.57. The summed E-state index contributed by atoms with van der Waals surface area (Å²) in [5.74, 6) is -1.31. The number of primary amides is 1. The Labute approximate surface area is 239 Å². The molecule has 1 heterocycles. The molecule has 0 aliphatic heterocycles. The molecule has 3 aromatic carbocycles. The number of carbonyl (C=O) groups excluding carboxylic acids is 3. The summed E-state index contributed by atoms with van der Waals surface area (Å²) in [6.45, 7) is -0.769. The van der Waals surface area contributed by atoms with Crippen molar-refractivity contribution in [2.75, 3.05) is 18.1 Å². The maximum atomic E-state index is 13.6. The van der Waals surface area contributed by atoms with Crippen LogP contribution in [0.2, 0.25) is 0 Å². The lowest BCUT2D eigenvalue weighted by atomic mass is 10.0. The Balaban J connectivity index is 1.36. The van der Waals surface area contributed by atoms with Crippen LogP contribution in [0.1, 0.15) is 23.2 Å². The smallest absolute Gasteiger partial charge is 0.274 e. The molecule has 5 N–H and O–H groups in total. The average Bonchev–Trinajstić information content (AvgIpc) is 3.81. The number of hydrogen-bond acceptors (Lipinski definition) is 8. The van der Waals surface area contributed by atoms with E-state index in [4.69, 9.17) is 20.4 Å². The first kappa shape index (κ1) is 28.6. The number of aliphatic hydroxyl groups excluding tert-OH is 2. The van der Waals surface area contributed by atoms with Crippen LogP contribution < -0.4 is 20.9 Å². The van der Waals surface area contributed by atoms with E-state index in [9.17, 15) is 23.9 Å².